The summed E-state index contributed by atoms with van der Waals surface area (Å²) < 4.78 is 33.8. The Bertz CT molecular complexity index is 910. The van der Waals surface area contributed by atoms with E-state index < -0.39 is 24.1 Å². The largest absolute Gasteiger partial charge is 0.469 e. The first kappa shape index (κ1) is 51.8. The molecule has 4 atom stereocenters. The zero-order valence-corrected chi connectivity index (χ0v) is 35.6. The molecule has 0 saturated carbocycles. The first-order valence-corrected chi connectivity index (χ1v) is 22.1. The van der Waals surface area contributed by atoms with Gasteiger partial charge < -0.3 is 28.4 Å². The number of ether oxygens (including phenoxy) is 6. The van der Waals surface area contributed by atoms with Crippen LogP contribution in [0.1, 0.15) is 207 Å². The highest BCUT2D eigenvalue weighted by Gasteiger charge is 2.33. The number of unbranched alkanes of at least 4 members (excludes halogenated alkanes) is 18. The van der Waals surface area contributed by atoms with Crippen LogP contribution in [0.2, 0.25) is 0 Å². The van der Waals surface area contributed by atoms with Gasteiger partial charge in [0.1, 0.15) is 12.2 Å². The normalized spacial score (nSPS) is 13.5. The standard InChI is InChI=1S/C44H82O10/c1-7-11-13-15-19-25-31-37(51-9-3)40(34-28-22-18-24-30-36-42(46)50-6)54-44(48)43(47)53-39(33-27-20-16-14-12-8-2)38(52-10-4)32-26-21-17-23-29-35-41(45)49-5/h37-40H,7-36H2,1-6H3. The number of hydrogen-bond donors (Lipinski definition) is 0. The molecule has 54 heavy (non-hydrogen) atoms. The van der Waals surface area contributed by atoms with Gasteiger partial charge in [0, 0.05) is 26.1 Å². The van der Waals surface area contributed by atoms with Crippen molar-refractivity contribution in [2.75, 3.05) is 27.4 Å². The Hall–Kier alpha value is -2.20. The van der Waals surface area contributed by atoms with Gasteiger partial charge in [-0.1, -0.05) is 129 Å². The third kappa shape index (κ3) is 29.1. The molecule has 0 aromatic carbocycles. The lowest BCUT2D eigenvalue weighted by Crippen LogP contribution is -2.39. The number of methoxy groups -OCH3 is 2. The molecule has 0 heterocycles. The van der Waals surface area contributed by atoms with Crippen LogP contribution in [0.3, 0.4) is 0 Å². The summed E-state index contributed by atoms with van der Waals surface area (Å²) >= 11 is 0. The molecule has 0 aromatic heterocycles. The SMILES string of the molecule is CCCCCCCCC(OCC)C(CCCCCCCC(=O)OC)OC(=O)C(=O)OC(CCCCCCCC)C(CCCCCCCC(=O)OC)OCC. The Morgan fingerprint density at radius 1 is 0.370 bits per heavy atom. The van der Waals surface area contributed by atoms with Crippen molar-refractivity contribution >= 4 is 23.9 Å². The Morgan fingerprint density at radius 2 is 0.648 bits per heavy atom. The van der Waals surface area contributed by atoms with Crippen LogP contribution in [0.4, 0.5) is 0 Å². The molecule has 0 N–H and O–H groups in total. The summed E-state index contributed by atoms with van der Waals surface area (Å²) in [6.45, 7) is 9.28. The van der Waals surface area contributed by atoms with Crippen molar-refractivity contribution in [1.82, 2.24) is 0 Å². The molecular formula is C44H82O10. The van der Waals surface area contributed by atoms with Crippen LogP contribution in [0, 0.1) is 0 Å². The molecule has 0 aliphatic carbocycles. The van der Waals surface area contributed by atoms with Crippen LogP contribution in [0.25, 0.3) is 0 Å². The van der Waals surface area contributed by atoms with Crippen LogP contribution in [-0.2, 0) is 47.6 Å². The Morgan fingerprint density at radius 3 is 0.944 bits per heavy atom. The Kier molecular flexibility index (Phi) is 36.2. The van der Waals surface area contributed by atoms with E-state index >= 15 is 0 Å². The summed E-state index contributed by atoms with van der Waals surface area (Å²) in [7, 11) is 2.83. The van der Waals surface area contributed by atoms with E-state index in [1.54, 1.807) is 0 Å². The van der Waals surface area contributed by atoms with Gasteiger partial charge in [-0.05, 0) is 65.2 Å². The van der Waals surface area contributed by atoms with Crippen molar-refractivity contribution < 1.29 is 47.6 Å². The molecule has 0 bridgehead atoms. The van der Waals surface area contributed by atoms with Crippen LogP contribution in [0.5, 0.6) is 0 Å². The minimum atomic E-state index is -0.959. The molecule has 0 radical (unpaired) electrons. The van der Waals surface area contributed by atoms with Crippen molar-refractivity contribution in [2.45, 2.75) is 232 Å². The number of carbonyl (C=O) groups excluding carboxylic acids is 4. The molecule has 0 aliphatic rings. The average Bonchev–Trinajstić information content (AvgIpc) is 3.17. The van der Waals surface area contributed by atoms with Gasteiger partial charge in [-0.2, -0.15) is 0 Å². The first-order chi connectivity index (χ1) is 26.3. The van der Waals surface area contributed by atoms with Gasteiger partial charge >= 0.3 is 23.9 Å². The number of rotatable bonds is 38. The lowest BCUT2D eigenvalue weighted by atomic mass is 9.99. The van der Waals surface area contributed by atoms with Gasteiger partial charge in [-0.15, -0.1) is 0 Å². The first-order valence-electron chi connectivity index (χ1n) is 22.1. The van der Waals surface area contributed by atoms with E-state index in [1.807, 2.05) is 13.8 Å². The molecule has 0 fully saturated rings. The highest BCUT2D eigenvalue weighted by Crippen LogP contribution is 2.23. The fourth-order valence-corrected chi connectivity index (χ4v) is 6.94. The predicted octanol–water partition coefficient (Wildman–Crippen LogP) is 10.9. The van der Waals surface area contributed by atoms with Crippen LogP contribution in [-0.4, -0.2) is 75.7 Å². The summed E-state index contributed by atoms with van der Waals surface area (Å²) in [5.74, 6) is -2.28. The minimum absolute atomic E-state index is 0.175. The molecule has 0 rings (SSSR count). The molecule has 318 valence electrons. The van der Waals surface area contributed by atoms with E-state index in [-0.39, 0.29) is 24.1 Å². The molecule has 0 aliphatic heterocycles. The maximum Gasteiger partial charge on any atom is 0.417 e. The highest BCUT2D eigenvalue weighted by molar-refractivity contribution is 6.29. The Labute approximate surface area is 330 Å². The van der Waals surface area contributed by atoms with Crippen LogP contribution < -0.4 is 0 Å². The molecule has 0 spiro atoms. The molecule has 4 unspecified atom stereocenters. The van der Waals surface area contributed by atoms with Crippen molar-refractivity contribution in [3.63, 3.8) is 0 Å². The fourth-order valence-electron chi connectivity index (χ4n) is 6.94. The fraction of sp³-hybridized carbons (Fsp3) is 0.909. The van der Waals surface area contributed by atoms with Crippen molar-refractivity contribution in [2.24, 2.45) is 0 Å². The maximum absolute atomic E-state index is 13.5. The van der Waals surface area contributed by atoms with Crippen molar-refractivity contribution in [3.8, 4) is 0 Å². The van der Waals surface area contributed by atoms with Gasteiger partial charge in [-0.3, -0.25) is 9.59 Å². The molecular weight excluding hydrogens is 688 g/mol. The second kappa shape index (κ2) is 37.7. The highest BCUT2D eigenvalue weighted by atomic mass is 16.6. The number of hydrogen-bond acceptors (Lipinski definition) is 10. The van der Waals surface area contributed by atoms with E-state index in [0.29, 0.717) is 38.9 Å². The van der Waals surface area contributed by atoms with E-state index in [4.69, 9.17) is 28.4 Å². The van der Waals surface area contributed by atoms with E-state index in [1.165, 1.54) is 59.2 Å². The van der Waals surface area contributed by atoms with Gasteiger partial charge in [-0.25, -0.2) is 9.59 Å². The van der Waals surface area contributed by atoms with Gasteiger partial charge in [0.25, 0.3) is 0 Å². The van der Waals surface area contributed by atoms with Gasteiger partial charge in [0.2, 0.25) is 0 Å². The minimum Gasteiger partial charge on any atom is -0.469 e. The van der Waals surface area contributed by atoms with Crippen molar-refractivity contribution in [3.05, 3.63) is 0 Å². The smallest absolute Gasteiger partial charge is 0.417 e. The Balaban J connectivity index is 5.60. The van der Waals surface area contributed by atoms with Gasteiger partial charge in [0.05, 0.1) is 26.4 Å². The molecule has 0 amide bonds. The third-order valence-electron chi connectivity index (χ3n) is 10.2. The number of carbonyl (C=O) groups is 4. The quantitative estimate of drug-likeness (QED) is 0.0259. The van der Waals surface area contributed by atoms with Gasteiger partial charge in [0.15, 0.2) is 0 Å². The third-order valence-corrected chi connectivity index (χ3v) is 10.2. The monoisotopic (exact) mass is 771 g/mol. The van der Waals surface area contributed by atoms with E-state index in [9.17, 15) is 19.2 Å². The molecule has 0 aromatic rings. The van der Waals surface area contributed by atoms with E-state index in [2.05, 4.69) is 13.8 Å². The van der Waals surface area contributed by atoms with E-state index in [0.717, 1.165) is 109 Å². The summed E-state index contributed by atoms with van der Waals surface area (Å²) in [5, 5.41) is 0. The lowest BCUT2D eigenvalue weighted by Gasteiger charge is -2.29. The summed E-state index contributed by atoms with van der Waals surface area (Å²) in [6.07, 6.45) is 24.5. The maximum atomic E-state index is 13.5. The van der Waals surface area contributed by atoms with Crippen molar-refractivity contribution in [1.29, 1.82) is 0 Å². The average molecular weight is 771 g/mol. The second-order valence-corrected chi connectivity index (χ2v) is 14.8. The zero-order valence-electron chi connectivity index (χ0n) is 35.6. The second-order valence-electron chi connectivity index (χ2n) is 14.8. The van der Waals surface area contributed by atoms with Crippen LogP contribution in [0.15, 0.2) is 0 Å². The summed E-state index contributed by atoms with van der Waals surface area (Å²) in [6, 6.07) is 0. The summed E-state index contributed by atoms with van der Waals surface area (Å²) in [4.78, 5) is 49.9. The topological polar surface area (TPSA) is 124 Å². The molecule has 10 nitrogen and oxygen atoms in total. The zero-order chi connectivity index (χ0) is 40.1. The summed E-state index contributed by atoms with van der Waals surface area (Å²) in [5.41, 5.74) is 0. The molecule has 10 heteroatoms. The molecule has 0 saturated heterocycles. The predicted molar refractivity (Wildman–Crippen MR) is 215 cm³/mol. The lowest BCUT2D eigenvalue weighted by molar-refractivity contribution is -0.183. The number of esters is 4. The van der Waals surface area contributed by atoms with Crippen LogP contribution >= 0.6 is 0 Å².